The summed E-state index contributed by atoms with van der Waals surface area (Å²) in [5.41, 5.74) is 1.50. The first-order valence-corrected chi connectivity index (χ1v) is 12.0. The van der Waals surface area contributed by atoms with Crippen LogP contribution in [0.3, 0.4) is 0 Å². The van der Waals surface area contributed by atoms with Gasteiger partial charge in [-0.05, 0) is 29.3 Å². The Morgan fingerprint density at radius 1 is 0.969 bits per heavy atom. The van der Waals surface area contributed by atoms with Gasteiger partial charge in [0.2, 0.25) is 11.8 Å². The van der Waals surface area contributed by atoms with Gasteiger partial charge >= 0.3 is 0 Å². The molecule has 3 aromatic rings. The molecule has 0 saturated carbocycles. The fourth-order valence-corrected chi connectivity index (χ4v) is 5.88. The van der Waals surface area contributed by atoms with Crippen LogP contribution in [0.1, 0.15) is 22.8 Å². The van der Waals surface area contributed by atoms with Crippen LogP contribution in [0.25, 0.3) is 0 Å². The standard InChI is InChI=1S/C24H21ClN2O4S/c25-19-11-5-4-10-18(19)15-26-23(28)16-27-20-12-6-7-13-21(20)32(30,31)22(14-24(27)29)17-8-2-1-3-9-17/h1-13,22H,14-16H2,(H,26,28)/t22-/m1/s1. The van der Waals surface area contributed by atoms with E-state index in [1.807, 2.05) is 6.07 Å². The van der Waals surface area contributed by atoms with Crippen molar-refractivity contribution < 1.29 is 18.0 Å². The maximum atomic E-state index is 13.5. The van der Waals surface area contributed by atoms with Crippen molar-refractivity contribution in [1.29, 1.82) is 0 Å². The van der Waals surface area contributed by atoms with Gasteiger partial charge in [0.05, 0.1) is 15.8 Å². The van der Waals surface area contributed by atoms with Gasteiger partial charge in [0.25, 0.3) is 0 Å². The summed E-state index contributed by atoms with van der Waals surface area (Å²) in [7, 11) is -3.85. The van der Waals surface area contributed by atoms with Crippen LogP contribution in [0.4, 0.5) is 5.69 Å². The molecule has 1 aliphatic heterocycles. The molecule has 0 bridgehead atoms. The van der Waals surface area contributed by atoms with Gasteiger partial charge in [0.15, 0.2) is 9.84 Å². The number of halogens is 1. The maximum absolute atomic E-state index is 13.5. The lowest BCUT2D eigenvalue weighted by Gasteiger charge is -2.22. The van der Waals surface area contributed by atoms with E-state index in [0.29, 0.717) is 10.6 Å². The number of fused-ring (bicyclic) bond motifs is 1. The molecule has 0 aliphatic carbocycles. The number of nitrogens with one attached hydrogen (secondary N) is 1. The van der Waals surface area contributed by atoms with Gasteiger partial charge in [0.1, 0.15) is 6.54 Å². The first kappa shape index (κ1) is 22.0. The van der Waals surface area contributed by atoms with Crippen LogP contribution >= 0.6 is 11.6 Å². The monoisotopic (exact) mass is 468 g/mol. The summed E-state index contributed by atoms with van der Waals surface area (Å²) < 4.78 is 26.9. The lowest BCUT2D eigenvalue weighted by Crippen LogP contribution is -2.40. The molecule has 0 fully saturated rings. The third-order valence-electron chi connectivity index (χ3n) is 5.41. The third-order valence-corrected chi connectivity index (χ3v) is 7.92. The van der Waals surface area contributed by atoms with Crippen LogP contribution in [0, 0.1) is 0 Å². The molecule has 0 saturated heterocycles. The molecular formula is C24H21ClN2O4S. The van der Waals surface area contributed by atoms with Crippen LogP contribution in [-0.4, -0.2) is 26.8 Å². The van der Waals surface area contributed by atoms with Gasteiger partial charge in [-0.15, -0.1) is 0 Å². The molecule has 164 valence electrons. The van der Waals surface area contributed by atoms with Gasteiger partial charge in [0, 0.05) is 18.0 Å². The van der Waals surface area contributed by atoms with E-state index in [0.717, 1.165) is 5.56 Å². The van der Waals surface area contributed by atoms with Crippen LogP contribution in [0.2, 0.25) is 5.02 Å². The highest BCUT2D eigenvalue weighted by molar-refractivity contribution is 7.92. The van der Waals surface area contributed by atoms with Gasteiger partial charge in [-0.1, -0.05) is 72.3 Å². The molecule has 4 rings (SSSR count). The number of hydrogen-bond donors (Lipinski definition) is 1. The molecule has 2 amide bonds. The smallest absolute Gasteiger partial charge is 0.240 e. The lowest BCUT2D eigenvalue weighted by atomic mass is 10.1. The zero-order valence-electron chi connectivity index (χ0n) is 17.1. The van der Waals surface area contributed by atoms with Gasteiger partial charge in [-0.2, -0.15) is 0 Å². The largest absolute Gasteiger partial charge is 0.350 e. The number of benzene rings is 3. The summed E-state index contributed by atoms with van der Waals surface area (Å²) in [6, 6.07) is 22.1. The second-order valence-corrected chi connectivity index (χ2v) is 9.97. The van der Waals surface area contributed by atoms with E-state index in [1.165, 1.54) is 11.0 Å². The van der Waals surface area contributed by atoms with E-state index < -0.39 is 26.9 Å². The zero-order chi connectivity index (χ0) is 22.7. The molecule has 6 nitrogen and oxygen atoms in total. The Morgan fingerprint density at radius 3 is 2.38 bits per heavy atom. The van der Waals surface area contributed by atoms with Gasteiger partial charge < -0.3 is 10.2 Å². The van der Waals surface area contributed by atoms with E-state index in [-0.39, 0.29) is 30.1 Å². The number of hydrogen-bond acceptors (Lipinski definition) is 4. The molecule has 1 heterocycles. The first-order valence-electron chi connectivity index (χ1n) is 10.1. The molecule has 1 N–H and O–H groups in total. The van der Waals surface area contributed by atoms with Gasteiger partial charge in [-0.3, -0.25) is 9.59 Å². The van der Waals surface area contributed by atoms with Crippen molar-refractivity contribution >= 4 is 38.9 Å². The number of sulfone groups is 1. The van der Waals surface area contributed by atoms with Gasteiger partial charge in [-0.25, -0.2) is 8.42 Å². The minimum absolute atomic E-state index is 0.0404. The summed E-state index contributed by atoms with van der Waals surface area (Å²) in [5.74, 6) is -0.844. The molecule has 32 heavy (non-hydrogen) atoms. The molecule has 0 radical (unpaired) electrons. The summed E-state index contributed by atoms with van der Waals surface area (Å²) in [6.07, 6.45) is -0.251. The second kappa shape index (κ2) is 9.14. The lowest BCUT2D eigenvalue weighted by molar-refractivity contribution is -0.124. The summed E-state index contributed by atoms with van der Waals surface area (Å²) >= 11 is 6.13. The van der Waals surface area contributed by atoms with Crippen molar-refractivity contribution in [2.45, 2.75) is 23.1 Å². The second-order valence-electron chi connectivity index (χ2n) is 7.46. The molecule has 0 unspecified atom stereocenters. The average molecular weight is 469 g/mol. The number of para-hydroxylation sites is 1. The van der Waals surface area contributed by atoms with Crippen molar-refractivity contribution in [3.05, 3.63) is 95.0 Å². The highest BCUT2D eigenvalue weighted by Crippen LogP contribution is 2.40. The fourth-order valence-electron chi connectivity index (χ4n) is 3.76. The van der Waals surface area contributed by atoms with Crippen LogP contribution in [0.15, 0.2) is 83.8 Å². The fraction of sp³-hybridized carbons (Fsp3) is 0.167. The Morgan fingerprint density at radius 2 is 1.62 bits per heavy atom. The molecule has 0 aromatic heterocycles. The zero-order valence-corrected chi connectivity index (χ0v) is 18.6. The van der Waals surface area contributed by atoms with Crippen LogP contribution in [-0.2, 0) is 26.0 Å². The van der Waals surface area contributed by atoms with Crippen molar-refractivity contribution in [2.75, 3.05) is 11.4 Å². The predicted molar refractivity (Wildman–Crippen MR) is 123 cm³/mol. The summed E-state index contributed by atoms with van der Waals surface area (Å²) in [6.45, 7) is -0.0928. The highest BCUT2D eigenvalue weighted by atomic mass is 35.5. The first-order chi connectivity index (χ1) is 15.4. The van der Waals surface area contributed by atoms with Crippen molar-refractivity contribution in [3.8, 4) is 0 Å². The van der Waals surface area contributed by atoms with Crippen molar-refractivity contribution in [2.24, 2.45) is 0 Å². The van der Waals surface area contributed by atoms with E-state index in [2.05, 4.69) is 5.32 Å². The Labute approximate surface area is 191 Å². The number of rotatable bonds is 5. The number of nitrogens with zero attached hydrogens (tertiary/aromatic N) is 1. The average Bonchev–Trinajstić information content (AvgIpc) is 2.88. The SMILES string of the molecule is O=C(CN1C(=O)C[C@H](c2ccccc2)S(=O)(=O)c2ccccc21)NCc1ccccc1Cl. The summed E-state index contributed by atoms with van der Waals surface area (Å²) in [4.78, 5) is 27.1. The Bertz CT molecular complexity index is 1260. The van der Waals surface area contributed by atoms with Crippen molar-refractivity contribution in [1.82, 2.24) is 5.32 Å². The van der Waals surface area contributed by atoms with E-state index in [9.17, 15) is 18.0 Å². The minimum Gasteiger partial charge on any atom is -0.350 e. The third kappa shape index (κ3) is 4.40. The molecule has 0 spiro atoms. The normalized spacial score (nSPS) is 17.3. The Hall–Kier alpha value is -3.16. The molecule has 1 atom stereocenters. The molecule has 1 aliphatic rings. The predicted octanol–water partition coefficient (Wildman–Crippen LogP) is 3.91. The number of amides is 2. The number of anilines is 1. The van der Waals surface area contributed by atoms with E-state index >= 15 is 0 Å². The molecular weight excluding hydrogens is 448 g/mol. The Kier molecular flexibility index (Phi) is 6.30. The number of carbonyl (C=O) groups excluding carboxylic acids is 2. The molecule has 3 aromatic carbocycles. The quantitative estimate of drug-likeness (QED) is 0.615. The van der Waals surface area contributed by atoms with E-state index in [4.69, 9.17) is 11.6 Å². The summed E-state index contributed by atoms with van der Waals surface area (Å²) in [5, 5.41) is 2.26. The number of carbonyl (C=O) groups is 2. The van der Waals surface area contributed by atoms with Crippen LogP contribution < -0.4 is 10.2 Å². The minimum atomic E-state index is -3.85. The highest BCUT2D eigenvalue weighted by Gasteiger charge is 2.39. The maximum Gasteiger partial charge on any atom is 0.240 e. The van der Waals surface area contributed by atoms with Crippen LogP contribution in [0.5, 0.6) is 0 Å². The van der Waals surface area contributed by atoms with E-state index in [1.54, 1.807) is 66.7 Å². The molecule has 8 heteroatoms. The topological polar surface area (TPSA) is 83.6 Å². The van der Waals surface area contributed by atoms with Crippen molar-refractivity contribution in [3.63, 3.8) is 0 Å². The Balaban J connectivity index is 1.63.